The van der Waals surface area contributed by atoms with Gasteiger partial charge < -0.3 is 10.2 Å². The van der Waals surface area contributed by atoms with E-state index in [9.17, 15) is 8.60 Å². The Balaban J connectivity index is 1.55. The van der Waals surface area contributed by atoms with Crippen LogP contribution >= 0.6 is 23.2 Å². The Morgan fingerprint density at radius 3 is 2.50 bits per heavy atom. The molecule has 0 spiro atoms. The Bertz CT molecular complexity index is 888. The zero-order chi connectivity index (χ0) is 21.7. The summed E-state index contributed by atoms with van der Waals surface area (Å²) in [6, 6.07) is 11.1. The van der Waals surface area contributed by atoms with E-state index < -0.39 is 10.8 Å². The maximum atomic E-state index is 14.2. The summed E-state index contributed by atoms with van der Waals surface area (Å²) < 4.78 is 25.8. The first-order chi connectivity index (χ1) is 14.4. The number of hydrogen-bond acceptors (Lipinski definition) is 3. The zero-order valence-corrected chi connectivity index (χ0v) is 19.8. The maximum Gasteiger partial charge on any atom is 0.139 e. The van der Waals surface area contributed by atoms with Crippen LogP contribution in [0, 0.1) is 5.82 Å². The molecule has 2 aromatic rings. The first-order valence-corrected chi connectivity index (χ1v) is 12.6. The van der Waals surface area contributed by atoms with Crippen LogP contribution in [-0.2, 0) is 10.8 Å². The van der Waals surface area contributed by atoms with Crippen molar-refractivity contribution in [3.05, 3.63) is 63.4 Å². The predicted molar refractivity (Wildman–Crippen MR) is 125 cm³/mol. The first-order valence-electron chi connectivity index (χ1n) is 10.3. The van der Waals surface area contributed by atoms with Gasteiger partial charge in [-0.1, -0.05) is 35.3 Å². The standard InChI is InChI=1S/C23H29Cl2FN2OS/c1-27-15-19(17-3-5-20(24)21(25)13-17)9-12-28-10-7-16(8-11-28)18-4-6-23(30(2)29)22(26)14-18/h3-6,13-14,16,19,27H,7-12,15H2,1-2H3/t19-,30?/m1/s1. The molecule has 3 rings (SSSR count). The summed E-state index contributed by atoms with van der Waals surface area (Å²) in [4.78, 5) is 2.77. The number of rotatable bonds is 8. The number of nitrogens with one attached hydrogen (secondary N) is 1. The Kier molecular flexibility index (Phi) is 8.72. The van der Waals surface area contributed by atoms with E-state index in [2.05, 4.69) is 16.3 Å². The second-order valence-corrected chi connectivity index (χ2v) is 10.1. The van der Waals surface area contributed by atoms with E-state index in [1.165, 1.54) is 11.8 Å². The van der Waals surface area contributed by atoms with Crippen molar-refractivity contribution in [2.45, 2.75) is 36.0 Å². The zero-order valence-electron chi connectivity index (χ0n) is 17.5. The number of halogens is 3. The molecule has 0 radical (unpaired) electrons. The molecule has 0 saturated carbocycles. The highest BCUT2D eigenvalue weighted by Gasteiger charge is 2.23. The molecule has 1 fully saturated rings. The van der Waals surface area contributed by atoms with Gasteiger partial charge in [0.05, 0.1) is 25.7 Å². The molecule has 2 aromatic carbocycles. The molecule has 2 atom stereocenters. The van der Waals surface area contributed by atoms with Gasteiger partial charge in [0.1, 0.15) is 5.82 Å². The van der Waals surface area contributed by atoms with E-state index in [1.807, 2.05) is 25.2 Å². The van der Waals surface area contributed by atoms with Gasteiger partial charge in [0.2, 0.25) is 0 Å². The number of benzene rings is 2. The summed E-state index contributed by atoms with van der Waals surface area (Å²) in [5.41, 5.74) is 2.22. The van der Waals surface area contributed by atoms with Crippen molar-refractivity contribution in [1.82, 2.24) is 10.2 Å². The van der Waals surface area contributed by atoms with E-state index in [1.54, 1.807) is 12.1 Å². The summed E-state index contributed by atoms with van der Waals surface area (Å²) in [7, 11) is 0.675. The van der Waals surface area contributed by atoms with Gasteiger partial charge in [0.15, 0.2) is 0 Å². The highest BCUT2D eigenvalue weighted by molar-refractivity contribution is 7.84. The molecular formula is C23H29Cl2FN2OS. The molecule has 0 amide bonds. The molecular weight excluding hydrogens is 442 g/mol. The number of nitrogens with zero attached hydrogens (tertiary/aromatic N) is 1. The Morgan fingerprint density at radius 2 is 1.90 bits per heavy atom. The van der Waals surface area contributed by atoms with E-state index in [0.717, 1.165) is 51.0 Å². The van der Waals surface area contributed by atoms with Gasteiger partial charge in [-0.15, -0.1) is 0 Å². The monoisotopic (exact) mass is 470 g/mol. The Labute approximate surface area is 191 Å². The van der Waals surface area contributed by atoms with Gasteiger partial charge >= 0.3 is 0 Å². The number of piperidine rings is 1. The van der Waals surface area contributed by atoms with Crippen LogP contribution in [0.5, 0.6) is 0 Å². The van der Waals surface area contributed by atoms with Gasteiger partial charge in [-0.2, -0.15) is 0 Å². The average molecular weight is 471 g/mol. The Morgan fingerprint density at radius 1 is 1.17 bits per heavy atom. The van der Waals surface area contributed by atoms with Crippen molar-refractivity contribution in [3.8, 4) is 0 Å². The van der Waals surface area contributed by atoms with Crippen LogP contribution in [0.3, 0.4) is 0 Å². The molecule has 0 aromatic heterocycles. The smallest absolute Gasteiger partial charge is 0.139 e. The molecule has 1 saturated heterocycles. The molecule has 1 aliphatic heterocycles. The van der Waals surface area contributed by atoms with Crippen molar-refractivity contribution in [3.63, 3.8) is 0 Å². The SMILES string of the molecule is CNC[C@@H](CCN1CCC(c2ccc(S(C)=O)c(F)c2)CC1)c1ccc(Cl)c(Cl)c1. The van der Waals surface area contributed by atoms with E-state index in [4.69, 9.17) is 23.2 Å². The van der Waals surface area contributed by atoms with Crippen molar-refractivity contribution in [2.75, 3.05) is 39.5 Å². The van der Waals surface area contributed by atoms with Crippen LogP contribution < -0.4 is 5.32 Å². The van der Waals surface area contributed by atoms with Crippen molar-refractivity contribution < 1.29 is 8.60 Å². The van der Waals surface area contributed by atoms with E-state index in [0.29, 0.717) is 21.9 Å². The molecule has 164 valence electrons. The third-order valence-electron chi connectivity index (χ3n) is 5.98. The minimum absolute atomic E-state index is 0.286. The highest BCUT2D eigenvalue weighted by atomic mass is 35.5. The van der Waals surface area contributed by atoms with Crippen molar-refractivity contribution in [1.29, 1.82) is 0 Å². The summed E-state index contributed by atoms with van der Waals surface area (Å²) >= 11 is 12.3. The molecule has 1 unspecified atom stereocenters. The fourth-order valence-electron chi connectivity index (χ4n) is 4.23. The molecule has 1 N–H and O–H groups in total. The molecule has 0 bridgehead atoms. The van der Waals surface area contributed by atoms with E-state index in [-0.39, 0.29) is 10.7 Å². The van der Waals surface area contributed by atoms with Crippen LogP contribution in [0.2, 0.25) is 10.0 Å². The number of hydrogen-bond donors (Lipinski definition) is 1. The van der Waals surface area contributed by atoms with Gasteiger partial charge in [-0.05, 0) is 93.2 Å². The summed E-state index contributed by atoms with van der Waals surface area (Å²) in [5, 5.41) is 4.46. The molecule has 7 heteroatoms. The minimum Gasteiger partial charge on any atom is -0.319 e. The minimum atomic E-state index is -1.29. The normalized spacial score (nSPS) is 17.8. The predicted octanol–water partition coefficient (Wildman–Crippen LogP) is 5.44. The molecule has 1 aliphatic rings. The van der Waals surface area contributed by atoms with Gasteiger partial charge in [0.25, 0.3) is 0 Å². The quantitative estimate of drug-likeness (QED) is 0.556. The molecule has 0 aliphatic carbocycles. The van der Waals surface area contributed by atoms with Gasteiger partial charge in [-0.25, -0.2) is 4.39 Å². The third kappa shape index (κ3) is 6.04. The summed E-state index contributed by atoms with van der Waals surface area (Å²) in [6.07, 6.45) is 4.57. The van der Waals surface area contributed by atoms with Crippen molar-refractivity contribution >= 4 is 34.0 Å². The van der Waals surface area contributed by atoms with Crippen LogP contribution in [0.1, 0.15) is 42.2 Å². The van der Waals surface area contributed by atoms with Gasteiger partial charge in [0, 0.05) is 12.8 Å². The number of likely N-dealkylation sites (N-methyl/N-ethyl adjacent to an activating group) is 1. The van der Waals surface area contributed by atoms with Crippen LogP contribution in [0.4, 0.5) is 4.39 Å². The van der Waals surface area contributed by atoms with Crippen LogP contribution in [-0.4, -0.2) is 48.6 Å². The summed E-state index contributed by atoms with van der Waals surface area (Å²) in [5.74, 6) is 0.379. The molecule has 30 heavy (non-hydrogen) atoms. The van der Waals surface area contributed by atoms with Gasteiger partial charge in [-0.3, -0.25) is 4.21 Å². The van der Waals surface area contributed by atoms with Crippen molar-refractivity contribution in [2.24, 2.45) is 0 Å². The Hall–Kier alpha value is -0.980. The third-order valence-corrected chi connectivity index (χ3v) is 7.67. The lowest BCUT2D eigenvalue weighted by Crippen LogP contribution is -2.35. The second-order valence-electron chi connectivity index (χ2n) is 7.98. The largest absolute Gasteiger partial charge is 0.319 e. The lowest BCUT2D eigenvalue weighted by Gasteiger charge is -2.33. The number of likely N-dealkylation sites (tertiary alicyclic amines) is 1. The summed E-state index contributed by atoms with van der Waals surface area (Å²) in [6.45, 7) is 3.91. The topological polar surface area (TPSA) is 32.3 Å². The maximum absolute atomic E-state index is 14.2. The lowest BCUT2D eigenvalue weighted by molar-refractivity contribution is 0.205. The first kappa shape index (κ1) is 23.7. The second kappa shape index (κ2) is 11.1. The van der Waals surface area contributed by atoms with E-state index >= 15 is 0 Å². The molecule has 3 nitrogen and oxygen atoms in total. The van der Waals surface area contributed by atoms with Crippen LogP contribution in [0.25, 0.3) is 0 Å². The molecule has 1 heterocycles. The lowest BCUT2D eigenvalue weighted by atomic mass is 9.89. The van der Waals surface area contributed by atoms with Crippen LogP contribution in [0.15, 0.2) is 41.3 Å². The highest BCUT2D eigenvalue weighted by Crippen LogP contribution is 2.31. The fourth-order valence-corrected chi connectivity index (χ4v) is 5.13. The fraction of sp³-hybridized carbons (Fsp3) is 0.478. The average Bonchev–Trinajstić information content (AvgIpc) is 2.73.